The maximum absolute atomic E-state index is 13.2. The van der Waals surface area contributed by atoms with Gasteiger partial charge < -0.3 is 23.8 Å². The number of piperidine rings is 1. The number of fused-ring (bicyclic) bond motifs is 1. The third kappa shape index (κ3) is 5.37. The molecule has 200 valence electrons. The highest BCUT2D eigenvalue weighted by Crippen LogP contribution is 2.42. The number of likely N-dealkylation sites (tertiary alicyclic amines) is 1. The number of carbonyl (C=O) groups excluding carboxylic acids is 1. The van der Waals surface area contributed by atoms with E-state index in [9.17, 15) is 14.9 Å². The molecule has 0 unspecified atom stereocenters. The number of nitrogens with zero attached hydrogens (tertiary/aromatic N) is 6. The van der Waals surface area contributed by atoms with Gasteiger partial charge in [-0.3, -0.25) is 4.79 Å². The summed E-state index contributed by atoms with van der Waals surface area (Å²) < 4.78 is 14.3. The Bertz CT molecular complexity index is 1270. The Morgan fingerprint density at radius 2 is 1.92 bits per heavy atom. The van der Waals surface area contributed by atoms with E-state index in [1.165, 1.54) is 0 Å². The van der Waals surface area contributed by atoms with E-state index in [-0.39, 0.29) is 22.6 Å². The Morgan fingerprint density at radius 3 is 2.54 bits per heavy atom. The molecule has 10 heteroatoms. The summed E-state index contributed by atoms with van der Waals surface area (Å²) in [4.78, 5) is 29.8. The fraction of sp³-hybridized carbons (Fsp3) is 0.630. The first kappa shape index (κ1) is 26.7. The van der Waals surface area contributed by atoms with Gasteiger partial charge in [0.05, 0.1) is 25.9 Å². The number of ether oxygens (including phenoxy) is 2. The van der Waals surface area contributed by atoms with Gasteiger partial charge in [-0.15, -0.1) is 0 Å². The molecule has 2 aliphatic heterocycles. The average molecular weight is 512 g/mol. The minimum absolute atomic E-state index is 0.0445. The van der Waals surface area contributed by atoms with E-state index < -0.39 is 5.60 Å². The van der Waals surface area contributed by atoms with Crippen molar-refractivity contribution < 1.29 is 18.9 Å². The monoisotopic (exact) mass is 511 g/mol. The van der Waals surface area contributed by atoms with E-state index in [1.54, 1.807) is 18.7 Å². The van der Waals surface area contributed by atoms with Crippen molar-refractivity contribution in [3.05, 3.63) is 34.4 Å². The molecular weight excluding hydrogens is 472 g/mol. The van der Waals surface area contributed by atoms with Gasteiger partial charge in [0.2, 0.25) is 12.4 Å². The Morgan fingerprint density at radius 1 is 1.24 bits per heavy atom. The molecule has 2 aliphatic rings. The molecule has 0 radical (unpaired) electrons. The standard InChI is InChI=1S/C27H39N6O4/c1-26(2,3)37-25(35)32-14-10-27(19-32)8-12-31(13-9-27)23-20-7-11-33(29(4)15-16-36-6)18-22(20)30(5)24(34)21(23)17-28/h7,11,18H,8-10,12-16,19H2,1-6H3/q+1. The van der Waals surface area contributed by atoms with Crippen LogP contribution in [0.2, 0.25) is 0 Å². The summed E-state index contributed by atoms with van der Waals surface area (Å²) in [6, 6.07) is 4.17. The van der Waals surface area contributed by atoms with Crippen molar-refractivity contribution in [2.75, 3.05) is 63.4 Å². The number of rotatable bonds is 5. The summed E-state index contributed by atoms with van der Waals surface area (Å²) in [5.41, 5.74) is 0.897. The molecule has 2 fully saturated rings. The number of methoxy groups -OCH3 is 1. The Kier molecular flexibility index (Phi) is 7.38. The largest absolute Gasteiger partial charge is 0.444 e. The van der Waals surface area contributed by atoms with Crippen LogP contribution in [-0.2, 0) is 16.5 Å². The fourth-order valence-electron chi connectivity index (χ4n) is 5.47. The summed E-state index contributed by atoms with van der Waals surface area (Å²) in [6.45, 7) is 9.76. The normalized spacial score (nSPS) is 17.3. The number of carbonyl (C=O) groups is 1. The summed E-state index contributed by atoms with van der Waals surface area (Å²) in [6.07, 6.45) is 6.35. The molecule has 0 saturated carbocycles. The molecule has 2 saturated heterocycles. The predicted octanol–water partition coefficient (Wildman–Crippen LogP) is 2.14. The third-order valence-electron chi connectivity index (χ3n) is 7.65. The van der Waals surface area contributed by atoms with Crippen molar-refractivity contribution >= 4 is 22.7 Å². The summed E-state index contributed by atoms with van der Waals surface area (Å²) in [5.74, 6) is 0. The topological polar surface area (TPSA) is 94.9 Å². The molecule has 0 bridgehead atoms. The number of aryl methyl sites for hydroxylation is 1. The molecule has 4 heterocycles. The Balaban J connectivity index is 1.59. The molecule has 1 spiro atoms. The van der Waals surface area contributed by atoms with Gasteiger partial charge in [0.1, 0.15) is 22.8 Å². The van der Waals surface area contributed by atoms with Crippen LogP contribution < -0.4 is 20.1 Å². The Labute approximate surface area is 218 Å². The number of amides is 1. The average Bonchev–Trinajstić information content (AvgIpc) is 3.27. The molecule has 10 nitrogen and oxygen atoms in total. The van der Waals surface area contributed by atoms with E-state index in [1.807, 2.05) is 60.9 Å². The van der Waals surface area contributed by atoms with Gasteiger partial charge in [0, 0.05) is 51.8 Å². The lowest BCUT2D eigenvalue weighted by atomic mass is 9.77. The van der Waals surface area contributed by atoms with Gasteiger partial charge in [-0.1, -0.05) is 4.68 Å². The highest BCUT2D eigenvalue weighted by molar-refractivity contribution is 5.94. The highest BCUT2D eigenvalue weighted by Gasteiger charge is 2.43. The van der Waals surface area contributed by atoms with Crippen LogP contribution in [0.3, 0.4) is 0 Å². The van der Waals surface area contributed by atoms with Crippen molar-refractivity contribution in [3.63, 3.8) is 0 Å². The smallest absolute Gasteiger partial charge is 0.410 e. The van der Waals surface area contributed by atoms with Crippen molar-refractivity contribution in [1.29, 1.82) is 5.26 Å². The first-order chi connectivity index (χ1) is 17.5. The molecule has 2 aromatic rings. The Hall–Kier alpha value is -3.32. The molecule has 2 aromatic heterocycles. The maximum Gasteiger partial charge on any atom is 0.410 e. The molecule has 0 aromatic carbocycles. The molecule has 1 amide bonds. The SMILES string of the molecule is COCCN(C)[n+]1ccc2c(N3CCC4(CCN(C(=O)OC(C)(C)C)C4)CC3)c(C#N)c(=O)n(C)c2c1. The number of nitriles is 1. The maximum atomic E-state index is 13.2. The first-order valence-corrected chi connectivity index (χ1v) is 12.9. The summed E-state index contributed by atoms with van der Waals surface area (Å²) >= 11 is 0. The van der Waals surface area contributed by atoms with Gasteiger partial charge in [-0.05, 0) is 45.4 Å². The van der Waals surface area contributed by atoms with Crippen LogP contribution in [-0.4, -0.2) is 74.6 Å². The summed E-state index contributed by atoms with van der Waals surface area (Å²) in [7, 11) is 5.34. The van der Waals surface area contributed by atoms with Crippen molar-refractivity contribution in [1.82, 2.24) is 9.47 Å². The fourth-order valence-corrected chi connectivity index (χ4v) is 5.47. The van der Waals surface area contributed by atoms with E-state index >= 15 is 0 Å². The predicted molar refractivity (Wildman–Crippen MR) is 141 cm³/mol. The lowest BCUT2D eigenvalue weighted by molar-refractivity contribution is -0.689. The number of hydrogen-bond donors (Lipinski definition) is 0. The number of aromatic nitrogens is 2. The molecule has 0 atom stereocenters. The van der Waals surface area contributed by atoms with E-state index in [0.29, 0.717) is 31.9 Å². The van der Waals surface area contributed by atoms with Gasteiger partial charge in [-0.2, -0.15) is 10.3 Å². The van der Waals surface area contributed by atoms with Crippen molar-refractivity contribution in [2.45, 2.75) is 45.6 Å². The van der Waals surface area contributed by atoms with Crippen molar-refractivity contribution in [3.8, 4) is 6.07 Å². The molecule has 0 aliphatic carbocycles. The van der Waals surface area contributed by atoms with E-state index in [0.717, 1.165) is 43.3 Å². The van der Waals surface area contributed by atoms with Crippen LogP contribution in [0.1, 0.15) is 45.6 Å². The third-order valence-corrected chi connectivity index (χ3v) is 7.65. The molecule has 37 heavy (non-hydrogen) atoms. The lowest BCUT2D eigenvalue weighted by Gasteiger charge is -2.40. The van der Waals surface area contributed by atoms with E-state index in [2.05, 4.69) is 11.0 Å². The van der Waals surface area contributed by atoms with Crippen LogP contribution in [0.25, 0.3) is 10.9 Å². The first-order valence-electron chi connectivity index (χ1n) is 12.9. The zero-order valence-electron chi connectivity index (χ0n) is 22.9. The quantitative estimate of drug-likeness (QED) is 0.568. The second kappa shape index (κ2) is 10.2. The number of likely N-dealkylation sites (N-methyl/N-ethyl adjacent to an activating group) is 1. The minimum atomic E-state index is -0.513. The molecular formula is C27H39N6O4+. The van der Waals surface area contributed by atoms with Crippen LogP contribution in [0.5, 0.6) is 0 Å². The van der Waals surface area contributed by atoms with Gasteiger partial charge in [0.15, 0.2) is 0 Å². The minimum Gasteiger partial charge on any atom is -0.444 e. The van der Waals surface area contributed by atoms with Gasteiger partial charge in [-0.25, -0.2) is 4.79 Å². The second-order valence-electron chi connectivity index (χ2n) is 11.3. The second-order valence-corrected chi connectivity index (χ2v) is 11.3. The van der Waals surface area contributed by atoms with Gasteiger partial charge in [0.25, 0.3) is 5.56 Å². The van der Waals surface area contributed by atoms with E-state index in [4.69, 9.17) is 9.47 Å². The molecule has 4 rings (SSSR count). The zero-order chi connectivity index (χ0) is 27.0. The lowest BCUT2D eigenvalue weighted by Crippen LogP contribution is -2.56. The summed E-state index contributed by atoms with van der Waals surface area (Å²) in [5, 5.41) is 12.9. The number of anilines is 1. The van der Waals surface area contributed by atoms with Crippen LogP contribution in [0.4, 0.5) is 10.5 Å². The zero-order valence-corrected chi connectivity index (χ0v) is 22.9. The number of hydrogen-bond acceptors (Lipinski definition) is 7. The highest BCUT2D eigenvalue weighted by atomic mass is 16.6. The van der Waals surface area contributed by atoms with Crippen molar-refractivity contribution in [2.24, 2.45) is 12.5 Å². The van der Waals surface area contributed by atoms with Crippen LogP contribution in [0, 0.1) is 16.7 Å². The van der Waals surface area contributed by atoms with Crippen LogP contribution in [0.15, 0.2) is 23.3 Å². The van der Waals surface area contributed by atoms with Crippen LogP contribution >= 0.6 is 0 Å². The van der Waals surface area contributed by atoms with Gasteiger partial charge >= 0.3 is 6.09 Å². The number of pyridine rings is 2. The molecule has 0 N–H and O–H groups in total.